The Morgan fingerprint density at radius 1 is 1.10 bits per heavy atom. The van der Waals surface area contributed by atoms with Gasteiger partial charge >= 0.3 is 6.01 Å². The maximum Gasteiger partial charge on any atom is 0.322 e. The van der Waals surface area contributed by atoms with E-state index in [-0.39, 0.29) is 17.2 Å². The number of nitrogens with one attached hydrogen (secondary N) is 1. The SMILES string of the molecule is CCCOc1nc(Cl)nc(Nc2c(Cl)cccc2Cl)n1. The largest absolute Gasteiger partial charge is 0.463 e. The zero-order chi connectivity index (χ0) is 14.5. The molecule has 0 aliphatic heterocycles. The van der Waals surface area contributed by atoms with Crippen LogP contribution in [0.2, 0.25) is 15.3 Å². The first kappa shape index (κ1) is 15.1. The minimum atomic E-state index is 0.0248. The Balaban J connectivity index is 2.27. The summed E-state index contributed by atoms with van der Waals surface area (Å²) in [4.78, 5) is 11.9. The first-order valence-corrected chi connectivity index (χ1v) is 6.99. The maximum absolute atomic E-state index is 6.06. The fourth-order valence-electron chi connectivity index (χ4n) is 1.37. The number of nitrogens with zero attached hydrogens (tertiary/aromatic N) is 3. The summed E-state index contributed by atoms with van der Waals surface area (Å²) in [5, 5.41) is 3.83. The first-order chi connectivity index (χ1) is 9.60. The molecule has 0 unspecified atom stereocenters. The summed E-state index contributed by atoms with van der Waals surface area (Å²) in [6.07, 6.45) is 0.836. The van der Waals surface area contributed by atoms with Crippen LogP contribution in [0.25, 0.3) is 0 Å². The molecule has 0 aliphatic carbocycles. The van der Waals surface area contributed by atoms with Gasteiger partial charge in [-0.3, -0.25) is 0 Å². The highest BCUT2D eigenvalue weighted by Gasteiger charge is 2.10. The molecule has 1 N–H and O–H groups in total. The van der Waals surface area contributed by atoms with Gasteiger partial charge in [-0.1, -0.05) is 36.2 Å². The van der Waals surface area contributed by atoms with Gasteiger partial charge in [0.05, 0.1) is 22.3 Å². The molecular formula is C12H11Cl3N4O. The molecule has 2 rings (SSSR count). The molecule has 0 fully saturated rings. The van der Waals surface area contributed by atoms with Crippen molar-refractivity contribution in [2.24, 2.45) is 0 Å². The van der Waals surface area contributed by atoms with Crippen molar-refractivity contribution >= 4 is 46.4 Å². The Labute approximate surface area is 131 Å². The third-order valence-electron chi connectivity index (χ3n) is 2.22. The topological polar surface area (TPSA) is 59.9 Å². The van der Waals surface area contributed by atoms with Crippen LogP contribution in [0.3, 0.4) is 0 Å². The van der Waals surface area contributed by atoms with E-state index in [0.717, 1.165) is 6.42 Å². The molecule has 0 saturated heterocycles. The summed E-state index contributed by atoms with van der Waals surface area (Å²) in [6, 6.07) is 5.30. The van der Waals surface area contributed by atoms with Gasteiger partial charge in [-0.2, -0.15) is 15.0 Å². The second kappa shape index (κ2) is 6.92. The number of anilines is 2. The average Bonchev–Trinajstić information content (AvgIpc) is 2.40. The molecule has 0 bridgehead atoms. The van der Waals surface area contributed by atoms with Crippen LogP contribution in [0.4, 0.5) is 11.6 Å². The Hall–Kier alpha value is -1.30. The third kappa shape index (κ3) is 3.85. The molecule has 0 radical (unpaired) electrons. The molecule has 0 atom stereocenters. The average molecular weight is 334 g/mol. The van der Waals surface area contributed by atoms with Crippen LogP contribution in [-0.4, -0.2) is 21.6 Å². The van der Waals surface area contributed by atoms with Crippen molar-refractivity contribution in [2.75, 3.05) is 11.9 Å². The van der Waals surface area contributed by atoms with Gasteiger partial charge in [-0.15, -0.1) is 0 Å². The molecule has 0 amide bonds. The van der Waals surface area contributed by atoms with Crippen LogP contribution in [-0.2, 0) is 0 Å². The number of halogens is 3. The Bertz CT molecular complexity index is 589. The zero-order valence-corrected chi connectivity index (χ0v) is 12.8. The Morgan fingerprint density at radius 2 is 1.80 bits per heavy atom. The van der Waals surface area contributed by atoms with Gasteiger partial charge in [-0.05, 0) is 30.2 Å². The monoisotopic (exact) mass is 332 g/mol. The zero-order valence-electron chi connectivity index (χ0n) is 10.5. The molecule has 1 heterocycles. The first-order valence-electron chi connectivity index (χ1n) is 5.85. The van der Waals surface area contributed by atoms with Crippen molar-refractivity contribution in [3.05, 3.63) is 33.5 Å². The van der Waals surface area contributed by atoms with E-state index in [1.54, 1.807) is 18.2 Å². The van der Waals surface area contributed by atoms with Crippen molar-refractivity contribution in [1.29, 1.82) is 0 Å². The van der Waals surface area contributed by atoms with Crippen molar-refractivity contribution in [1.82, 2.24) is 15.0 Å². The lowest BCUT2D eigenvalue weighted by Crippen LogP contribution is -2.05. The minimum Gasteiger partial charge on any atom is -0.463 e. The Kier molecular flexibility index (Phi) is 5.23. The highest BCUT2D eigenvalue weighted by atomic mass is 35.5. The highest BCUT2D eigenvalue weighted by molar-refractivity contribution is 6.39. The normalized spacial score (nSPS) is 10.4. The van der Waals surface area contributed by atoms with Crippen molar-refractivity contribution in [3.63, 3.8) is 0 Å². The number of ether oxygens (including phenoxy) is 1. The van der Waals surface area contributed by atoms with Gasteiger partial charge in [0.15, 0.2) is 0 Å². The van der Waals surface area contributed by atoms with Gasteiger partial charge in [0.1, 0.15) is 0 Å². The van der Waals surface area contributed by atoms with Gasteiger partial charge in [0, 0.05) is 0 Å². The standard InChI is InChI=1S/C12H11Cl3N4O/c1-2-6-20-12-18-10(15)17-11(19-12)16-9-7(13)4-3-5-8(9)14/h3-5H,2,6H2,1H3,(H,16,17,18,19). The predicted molar refractivity (Wildman–Crippen MR) is 80.4 cm³/mol. The van der Waals surface area contributed by atoms with E-state index in [9.17, 15) is 0 Å². The predicted octanol–water partition coefficient (Wildman–Crippen LogP) is 4.36. The van der Waals surface area contributed by atoms with Gasteiger partial charge in [0.25, 0.3) is 0 Å². The second-order valence-electron chi connectivity index (χ2n) is 3.78. The lowest BCUT2D eigenvalue weighted by atomic mass is 10.3. The van der Waals surface area contributed by atoms with Crippen LogP contribution in [0, 0.1) is 0 Å². The van der Waals surface area contributed by atoms with E-state index in [0.29, 0.717) is 22.3 Å². The molecule has 106 valence electrons. The molecule has 2 aromatic rings. The minimum absolute atomic E-state index is 0.0248. The van der Waals surface area contributed by atoms with Gasteiger partial charge in [-0.25, -0.2) is 0 Å². The van der Waals surface area contributed by atoms with Gasteiger partial charge in [0.2, 0.25) is 11.2 Å². The number of para-hydroxylation sites is 1. The number of aromatic nitrogens is 3. The molecule has 5 nitrogen and oxygen atoms in total. The fourth-order valence-corrected chi connectivity index (χ4v) is 2.02. The number of benzene rings is 1. The van der Waals surface area contributed by atoms with E-state index in [2.05, 4.69) is 20.3 Å². The number of hydrogen-bond donors (Lipinski definition) is 1. The highest BCUT2D eigenvalue weighted by Crippen LogP contribution is 2.31. The van der Waals surface area contributed by atoms with Crippen LogP contribution in [0.5, 0.6) is 6.01 Å². The molecule has 8 heteroatoms. The quantitative estimate of drug-likeness (QED) is 0.880. The summed E-state index contributed by atoms with van der Waals surface area (Å²) < 4.78 is 5.32. The van der Waals surface area contributed by atoms with E-state index < -0.39 is 0 Å². The summed E-state index contributed by atoms with van der Waals surface area (Å²) >= 11 is 17.9. The van der Waals surface area contributed by atoms with E-state index in [1.807, 2.05) is 6.92 Å². The third-order valence-corrected chi connectivity index (χ3v) is 3.02. The maximum atomic E-state index is 6.06. The van der Waals surface area contributed by atoms with Crippen LogP contribution in [0.1, 0.15) is 13.3 Å². The van der Waals surface area contributed by atoms with Crippen LogP contribution in [0.15, 0.2) is 18.2 Å². The Morgan fingerprint density at radius 3 is 2.45 bits per heavy atom. The molecule has 0 aliphatic rings. The lowest BCUT2D eigenvalue weighted by molar-refractivity contribution is 0.292. The number of rotatable bonds is 5. The van der Waals surface area contributed by atoms with Crippen LogP contribution >= 0.6 is 34.8 Å². The molecule has 20 heavy (non-hydrogen) atoms. The van der Waals surface area contributed by atoms with Crippen molar-refractivity contribution in [3.8, 4) is 6.01 Å². The fraction of sp³-hybridized carbons (Fsp3) is 0.250. The summed E-state index contributed by atoms with van der Waals surface area (Å²) in [5.41, 5.74) is 0.500. The summed E-state index contributed by atoms with van der Waals surface area (Å²) in [5.74, 6) is 0.214. The second-order valence-corrected chi connectivity index (χ2v) is 4.93. The van der Waals surface area contributed by atoms with E-state index >= 15 is 0 Å². The smallest absolute Gasteiger partial charge is 0.322 e. The lowest BCUT2D eigenvalue weighted by Gasteiger charge is -2.10. The van der Waals surface area contributed by atoms with E-state index in [1.165, 1.54) is 0 Å². The summed E-state index contributed by atoms with van der Waals surface area (Å²) in [7, 11) is 0. The molecule has 1 aromatic heterocycles. The summed E-state index contributed by atoms with van der Waals surface area (Å²) in [6.45, 7) is 2.47. The molecule has 0 spiro atoms. The van der Waals surface area contributed by atoms with Gasteiger partial charge < -0.3 is 10.1 Å². The van der Waals surface area contributed by atoms with Crippen molar-refractivity contribution in [2.45, 2.75) is 13.3 Å². The number of hydrogen-bond acceptors (Lipinski definition) is 5. The van der Waals surface area contributed by atoms with E-state index in [4.69, 9.17) is 39.5 Å². The van der Waals surface area contributed by atoms with Crippen LogP contribution < -0.4 is 10.1 Å². The molecule has 1 aromatic carbocycles. The van der Waals surface area contributed by atoms with Crippen molar-refractivity contribution < 1.29 is 4.74 Å². The molecular weight excluding hydrogens is 323 g/mol. The molecule has 0 saturated carbocycles.